The average Bonchev–Trinajstić information content (AvgIpc) is 2.62. The topological polar surface area (TPSA) is 58.6 Å². The summed E-state index contributed by atoms with van der Waals surface area (Å²) in [6.07, 6.45) is 1.56. The van der Waals surface area contributed by atoms with Crippen LogP contribution in [0, 0.1) is 13.8 Å². The van der Waals surface area contributed by atoms with E-state index >= 15 is 0 Å². The Morgan fingerprint density at radius 3 is 2.38 bits per heavy atom. The van der Waals surface area contributed by atoms with E-state index in [9.17, 15) is 8.42 Å². The van der Waals surface area contributed by atoms with Crippen LogP contribution in [-0.4, -0.2) is 39.0 Å². The number of nitrogens with one attached hydrogen (secondary N) is 1. The molecule has 0 radical (unpaired) electrons. The Hall–Kier alpha value is -2.05. The van der Waals surface area contributed by atoms with Crippen molar-refractivity contribution < 1.29 is 13.2 Å². The molecule has 2 aromatic rings. The van der Waals surface area contributed by atoms with Crippen molar-refractivity contribution in [2.75, 3.05) is 25.5 Å². The Bertz CT molecular complexity index is 872. The second kappa shape index (κ2) is 7.68. The van der Waals surface area contributed by atoms with Gasteiger partial charge in [0.1, 0.15) is 10.6 Å². The molecule has 0 spiro atoms. The molecule has 0 aromatic heterocycles. The fraction of sp³-hybridized carbons (Fsp3) is 0.400. The molecule has 140 valence electrons. The van der Waals surface area contributed by atoms with E-state index in [1.54, 1.807) is 16.4 Å². The van der Waals surface area contributed by atoms with Crippen LogP contribution in [-0.2, 0) is 10.0 Å². The van der Waals surface area contributed by atoms with Crippen molar-refractivity contribution in [3.05, 3.63) is 53.6 Å². The van der Waals surface area contributed by atoms with Crippen molar-refractivity contribution in [3.8, 4) is 5.75 Å². The standard InChI is InChI=1S/C20H26N2O3S/c1-15-5-4-6-18(13-15)21-17-9-11-22(12-10-17)26(23,24)20-14-16(2)7-8-19(20)25-3/h4-8,13-14,17,21H,9-12H2,1-3H3. The molecule has 1 aliphatic heterocycles. The van der Waals surface area contributed by atoms with Crippen LogP contribution in [0.3, 0.4) is 0 Å². The lowest BCUT2D eigenvalue weighted by Crippen LogP contribution is -2.42. The molecule has 6 heteroatoms. The zero-order chi connectivity index (χ0) is 18.7. The molecule has 0 amide bonds. The summed E-state index contributed by atoms with van der Waals surface area (Å²) >= 11 is 0. The molecule has 0 saturated carbocycles. The fourth-order valence-corrected chi connectivity index (χ4v) is 5.05. The van der Waals surface area contributed by atoms with Gasteiger partial charge >= 0.3 is 0 Å². The molecular weight excluding hydrogens is 348 g/mol. The molecular formula is C20H26N2O3S. The van der Waals surface area contributed by atoms with Gasteiger partial charge in [-0.3, -0.25) is 0 Å². The molecule has 26 heavy (non-hydrogen) atoms. The van der Waals surface area contributed by atoms with Crippen LogP contribution in [0.25, 0.3) is 0 Å². The van der Waals surface area contributed by atoms with Gasteiger partial charge in [-0.1, -0.05) is 18.2 Å². The Labute approximate surface area is 156 Å². The van der Waals surface area contributed by atoms with Gasteiger partial charge in [-0.15, -0.1) is 0 Å². The van der Waals surface area contributed by atoms with Gasteiger partial charge in [0, 0.05) is 24.8 Å². The highest BCUT2D eigenvalue weighted by Crippen LogP contribution is 2.30. The van der Waals surface area contributed by atoms with Crippen molar-refractivity contribution in [1.82, 2.24) is 4.31 Å². The van der Waals surface area contributed by atoms with Gasteiger partial charge in [-0.05, 0) is 62.1 Å². The number of piperidine rings is 1. The molecule has 0 unspecified atom stereocenters. The van der Waals surface area contributed by atoms with Crippen molar-refractivity contribution >= 4 is 15.7 Å². The third kappa shape index (κ3) is 4.02. The third-order valence-electron chi connectivity index (χ3n) is 4.78. The van der Waals surface area contributed by atoms with Gasteiger partial charge in [-0.25, -0.2) is 8.42 Å². The normalized spacial score (nSPS) is 16.4. The summed E-state index contributed by atoms with van der Waals surface area (Å²) in [5, 5.41) is 3.52. The first-order valence-electron chi connectivity index (χ1n) is 8.88. The first-order valence-corrected chi connectivity index (χ1v) is 10.3. The lowest BCUT2D eigenvalue weighted by molar-refractivity contribution is 0.327. The van der Waals surface area contributed by atoms with Crippen LogP contribution in [0.15, 0.2) is 47.4 Å². The number of sulfonamides is 1. The van der Waals surface area contributed by atoms with Crippen LogP contribution in [0.1, 0.15) is 24.0 Å². The van der Waals surface area contributed by atoms with E-state index in [-0.39, 0.29) is 10.9 Å². The Morgan fingerprint density at radius 1 is 1.04 bits per heavy atom. The number of rotatable bonds is 5. The van der Waals surface area contributed by atoms with E-state index in [4.69, 9.17) is 4.74 Å². The van der Waals surface area contributed by atoms with Crippen molar-refractivity contribution in [2.24, 2.45) is 0 Å². The monoisotopic (exact) mass is 374 g/mol. The second-order valence-electron chi connectivity index (χ2n) is 6.85. The molecule has 1 saturated heterocycles. The average molecular weight is 375 g/mol. The molecule has 3 rings (SSSR count). The largest absolute Gasteiger partial charge is 0.495 e. The molecule has 2 aromatic carbocycles. The van der Waals surface area contributed by atoms with Crippen LogP contribution >= 0.6 is 0 Å². The van der Waals surface area contributed by atoms with Crippen LogP contribution in [0.2, 0.25) is 0 Å². The summed E-state index contributed by atoms with van der Waals surface area (Å²) in [5.74, 6) is 0.399. The zero-order valence-corrected chi connectivity index (χ0v) is 16.3. The quantitative estimate of drug-likeness (QED) is 0.869. The van der Waals surface area contributed by atoms with Crippen LogP contribution in [0.5, 0.6) is 5.75 Å². The third-order valence-corrected chi connectivity index (χ3v) is 6.70. The molecule has 1 N–H and O–H groups in total. The predicted molar refractivity (Wildman–Crippen MR) is 104 cm³/mol. The SMILES string of the molecule is COc1ccc(C)cc1S(=O)(=O)N1CCC(Nc2cccc(C)c2)CC1. The molecule has 1 aliphatic rings. The lowest BCUT2D eigenvalue weighted by Gasteiger charge is -2.32. The minimum atomic E-state index is -3.55. The first-order chi connectivity index (χ1) is 12.4. The maximum atomic E-state index is 13.1. The predicted octanol–water partition coefficient (Wildman–Crippen LogP) is 3.58. The maximum absolute atomic E-state index is 13.1. The van der Waals surface area contributed by atoms with E-state index in [2.05, 4.69) is 24.4 Å². The first kappa shape index (κ1) is 18.7. The lowest BCUT2D eigenvalue weighted by atomic mass is 10.1. The Kier molecular flexibility index (Phi) is 5.53. The van der Waals surface area contributed by atoms with E-state index in [1.807, 2.05) is 25.1 Å². The number of methoxy groups -OCH3 is 1. The summed E-state index contributed by atoms with van der Waals surface area (Å²) in [6.45, 7) is 4.96. The van der Waals surface area contributed by atoms with Gasteiger partial charge in [0.2, 0.25) is 10.0 Å². The maximum Gasteiger partial charge on any atom is 0.246 e. The summed E-state index contributed by atoms with van der Waals surface area (Å²) in [5.41, 5.74) is 3.20. The van der Waals surface area contributed by atoms with Gasteiger partial charge in [0.15, 0.2) is 0 Å². The molecule has 0 bridgehead atoms. The number of hydrogen-bond acceptors (Lipinski definition) is 4. The Balaban J connectivity index is 1.70. The number of hydrogen-bond donors (Lipinski definition) is 1. The van der Waals surface area contributed by atoms with Gasteiger partial charge < -0.3 is 10.1 Å². The van der Waals surface area contributed by atoms with Crippen molar-refractivity contribution in [1.29, 1.82) is 0 Å². The summed E-state index contributed by atoms with van der Waals surface area (Å²) in [7, 11) is -2.05. The van der Waals surface area contributed by atoms with Crippen molar-refractivity contribution in [2.45, 2.75) is 37.6 Å². The van der Waals surface area contributed by atoms with Gasteiger partial charge in [0.05, 0.1) is 7.11 Å². The number of aryl methyl sites for hydroxylation is 2. The van der Waals surface area contributed by atoms with E-state index < -0.39 is 10.0 Å². The van der Waals surface area contributed by atoms with Gasteiger partial charge in [0.25, 0.3) is 0 Å². The zero-order valence-electron chi connectivity index (χ0n) is 15.5. The van der Waals surface area contributed by atoms with E-state index in [0.717, 1.165) is 24.1 Å². The minimum absolute atomic E-state index is 0.255. The highest BCUT2D eigenvalue weighted by atomic mass is 32.2. The number of anilines is 1. The highest BCUT2D eigenvalue weighted by Gasteiger charge is 2.31. The fourth-order valence-electron chi connectivity index (χ4n) is 3.34. The molecule has 0 aliphatic carbocycles. The molecule has 1 fully saturated rings. The number of nitrogens with zero attached hydrogens (tertiary/aromatic N) is 1. The summed E-state index contributed by atoms with van der Waals surface area (Å²) in [4.78, 5) is 0.255. The van der Waals surface area contributed by atoms with Crippen LogP contribution in [0.4, 0.5) is 5.69 Å². The Morgan fingerprint density at radius 2 is 1.73 bits per heavy atom. The van der Waals surface area contributed by atoms with Gasteiger partial charge in [-0.2, -0.15) is 4.31 Å². The van der Waals surface area contributed by atoms with Crippen molar-refractivity contribution in [3.63, 3.8) is 0 Å². The highest BCUT2D eigenvalue weighted by molar-refractivity contribution is 7.89. The molecule has 1 heterocycles. The molecule has 5 nitrogen and oxygen atoms in total. The second-order valence-corrected chi connectivity index (χ2v) is 8.75. The number of ether oxygens (including phenoxy) is 1. The minimum Gasteiger partial charge on any atom is -0.495 e. The molecule has 0 atom stereocenters. The van der Waals surface area contributed by atoms with Crippen LogP contribution < -0.4 is 10.1 Å². The smallest absolute Gasteiger partial charge is 0.246 e. The number of benzene rings is 2. The van der Waals surface area contributed by atoms with E-state index in [0.29, 0.717) is 18.8 Å². The van der Waals surface area contributed by atoms with E-state index in [1.165, 1.54) is 12.7 Å². The summed E-state index contributed by atoms with van der Waals surface area (Å²) in [6, 6.07) is 13.8. The summed E-state index contributed by atoms with van der Waals surface area (Å²) < 4.78 is 32.9.